The molecule has 0 saturated carbocycles. The Labute approximate surface area is 103 Å². The smallest absolute Gasteiger partial charge is 0.232 e. The summed E-state index contributed by atoms with van der Waals surface area (Å²) in [6.45, 7) is 3.73. The largest absolute Gasteiger partial charge is 0.317 e. The van der Waals surface area contributed by atoms with Gasteiger partial charge in [0.05, 0.1) is 11.4 Å². The van der Waals surface area contributed by atoms with Crippen LogP contribution >= 0.6 is 0 Å². The fourth-order valence-electron chi connectivity index (χ4n) is 1.34. The zero-order chi connectivity index (χ0) is 12.6. The number of hydrogen-bond acceptors (Lipinski definition) is 4. The van der Waals surface area contributed by atoms with Crippen LogP contribution in [0, 0.1) is 0 Å². The lowest BCUT2D eigenvalue weighted by Gasteiger charge is -2.07. The molecule has 0 fully saturated rings. The van der Waals surface area contributed by atoms with Crippen molar-refractivity contribution in [3.63, 3.8) is 0 Å². The van der Waals surface area contributed by atoms with E-state index in [0.29, 0.717) is 12.1 Å². The molecule has 0 amide bonds. The molecule has 96 valence electrons. The molecule has 0 unspecified atom stereocenters. The van der Waals surface area contributed by atoms with E-state index in [4.69, 9.17) is 0 Å². The molecule has 1 aromatic heterocycles. The van der Waals surface area contributed by atoms with E-state index in [2.05, 4.69) is 21.9 Å². The third kappa shape index (κ3) is 6.23. The van der Waals surface area contributed by atoms with Gasteiger partial charge in [-0.3, -0.25) is 9.71 Å². The Bertz CT molecular complexity index is 406. The Kier molecular flexibility index (Phi) is 5.93. The molecule has 0 aliphatic heterocycles. The Balaban J connectivity index is 2.32. The van der Waals surface area contributed by atoms with Gasteiger partial charge < -0.3 is 5.32 Å². The second kappa shape index (κ2) is 7.24. The Morgan fingerprint density at radius 1 is 1.24 bits per heavy atom. The van der Waals surface area contributed by atoms with Crippen molar-refractivity contribution in [3.8, 4) is 0 Å². The minimum atomic E-state index is -3.24. The van der Waals surface area contributed by atoms with Gasteiger partial charge in [0, 0.05) is 12.4 Å². The highest BCUT2D eigenvalue weighted by molar-refractivity contribution is 7.92. The van der Waals surface area contributed by atoms with Gasteiger partial charge in [0.15, 0.2) is 0 Å². The van der Waals surface area contributed by atoms with Crippen molar-refractivity contribution < 1.29 is 8.42 Å². The molecular formula is C11H19N3O2S. The molecule has 0 radical (unpaired) electrons. The number of hydrogen-bond donors (Lipinski definition) is 2. The van der Waals surface area contributed by atoms with Crippen LogP contribution in [0.1, 0.15) is 19.8 Å². The Morgan fingerprint density at radius 2 is 1.94 bits per heavy atom. The SMILES string of the molecule is CCCNCCCS(=O)(=O)Nc1ccncc1. The minimum absolute atomic E-state index is 0.131. The van der Waals surface area contributed by atoms with Crippen molar-refractivity contribution >= 4 is 15.7 Å². The summed E-state index contributed by atoms with van der Waals surface area (Å²) in [6, 6.07) is 3.26. The van der Waals surface area contributed by atoms with Gasteiger partial charge in [-0.1, -0.05) is 6.92 Å². The molecule has 0 saturated heterocycles. The number of nitrogens with zero attached hydrogens (tertiary/aromatic N) is 1. The number of sulfonamides is 1. The van der Waals surface area contributed by atoms with E-state index >= 15 is 0 Å². The molecule has 5 nitrogen and oxygen atoms in total. The first-order valence-electron chi connectivity index (χ1n) is 5.75. The maximum absolute atomic E-state index is 11.7. The number of rotatable bonds is 8. The Morgan fingerprint density at radius 3 is 2.59 bits per heavy atom. The van der Waals surface area contributed by atoms with Crippen LogP contribution in [-0.4, -0.2) is 32.2 Å². The lowest BCUT2D eigenvalue weighted by Crippen LogP contribution is -2.22. The topological polar surface area (TPSA) is 71.1 Å². The standard InChI is InChI=1S/C11H19N3O2S/c1-2-6-12-7-3-10-17(15,16)14-11-4-8-13-9-5-11/h4-5,8-9,12H,2-3,6-7,10H2,1H3,(H,13,14). The molecule has 17 heavy (non-hydrogen) atoms. The zero-order valence-corrected chi connectivity index (χ0v) is 10.8. The van der Waals surface area contributed by atoms with Crippen LogP contribution in [0.3, 0.4) is 0 Å². The van der Waals surface area contributed by atoms with Crippen LogP contribution in [0.25, 0.3) is 0 Å². The molecule has 0 bridgehead atoms. The van der Waals surface area contributed by atoms with E-state index in [1.165, 1.54) is 0 Å². The highest BCUT2D eigenvalue weighted by Gasteiger charge is 2.09. The van der Waals surface area contributed by atoms with Crippen LogP contribution in [0.4, 0.5) is 5.69 Å². The van der Waals surface area contributed by atoms with Crippen LogP contribution in [0.2, 0.25) is 0 Å². The predicted molar refractivity (Wildman–Crippen MR) is 69.4 cm³/mol. The lowest BCUT2D eigenvalue weighted by atomic mass is 10.4. The van der Waals surface area contributed by atoms with Crippen molar-refractivity contribution in [1.82, 2.24) is 10.3 Å². The molecule has 6 heteroatoms. The Hall–Kier alpha value is -1.14. The molecule has 0 aliphatic carbocycles. The maximum Gasteiger partial charge on any atom is 0.232 e. The molecular weight excluding hydrogens is 238 g/mol. The number of pyridine rings is 1. The maximum atomic E-state index is 11.7. The third-order valence-electron chi connectivity index (χ3n) is 2.15. The fourth-order valence-corrected chi connectivity index (χ4v) is 2.46. The first-order valence-corrected chi connectivity index (χ1v) is 7.40. The van der Waals surface area contributed by atoms with Gasteiger partial charge in [-0.2, -0.15) is 0 Å². The number of anilines is 1. The summed E-state index contributed by atoms with van der Waals surface area (Å²) in [5.74, 6) is 0.131. The zero-order valence-electron chi connectivity index (χ0n) is 10.0. The van der Waals surface area contributed by atoms with E-state index in [0.717, 1.165) is 19.5 Å². The van der Waals surface area contributed by atoms with E-state index in [9.17, 15) is 8.42 Å². The van der Waals surface area contributed by atoms with E-state index in [-0.39, 0.29) is 5.75 Å². The first-order chi connectivity index (χ1) is 8.14. The molecule has 2 N–H and O–H groups in total. The van der Waals surface area contributed by atoms with Gasteiger partial charge in [0.1, 0.15) is 0 Å². The molecule has 1 rings (SSSR count). The average Bonchev–Trinajstić information content (AvgIpc) is 2.29. The van der Waals surface area contributed by atoms with Crippen molar-refractivity contribution in [3.05, 3.63) is 24.5 Å². The summed E-state index contributed by atoms with van der Waals surface area (Å²) in [5, 5.41) is 3.17. The summed E-state index contributed by atoms with van der Waals surface area (Å²) < 4.78 is 25.9. The molecule has 1 aromatic rings. The minimum Gasteiger partial charge on any atom is -0.317 e. The molecule has 1 heterocycles. The van der Waals surface area contributed by atoms with E-state index < -0.39 is 10.0 Å². The van der Waals surface area contributed by atoms with Crippen molar-refractivity contribution in [1.29, 1.82) is 0 Å². The van der Waals surface area contributed by atoms with Gasteiger partial charge in [-0.25, -0.2) is 8.42 Å². The third-order valence-corrected chi connectivity index (χ3v) is 3.52. The lowest BCUT2D eigenvalue weighted by molar-refractivity contribution is 0.593. The molecule has 0 aliphatic rings. The predicted octanol–water partition coefficient (Wildman–Crippen LogP) is 1.21. The highest BCUT2D eigenvalue weighted by Crippen LogP contribution is 2.06. The van der Waals surface area contributed by atoms with Gasteiger partial charge in [-0.05, 0) is 38.1 Å². The van der Waals surface area contributed by atoms with Gasteiger partial charge in [0.2, 0.25) is 10.0 Å². The number of nitrogens with one attached hydrogen (secondary N) is 2. The fraction of sp³-hybridized carbons (Fsp3) is 0.545. The first kappa shape index (κ1) is 13.9. The highest BCUT2D eigenvalue weighted by atomic mass is 32.2. The molecule has 0 spiro atoms. The van der Waals surface area contributed by atoms with E-state index in [1.807, 2.05) is 0 Å². The summed E-state index contributed by atoms with van der Waals surface area (Å²) in [6.07, 6.45) is 4.78. The molecule has 0 aromatic carbocycles. The van der Waals surface area contributed by atoms with Crippen molar-refractivity contribution in [2.24, 2.45) is 0 Å². The summed E-state index contributed by atoms with van der Waals surface area (Å²) in [7, 11) is -3.24. The number of aromatic nitrogens is 1. The van der Waals surface area contributed by atoms with Crippen LogP contribution in [-0.2, 0) is 10.0 Å². The average molecular weight is 257 g/mol. The monoisotopic (exact) mass is 257 g/mol. The van der Waals surface area contributed by atoms with Crippen LogP contribution in [0.5, 0.6) is 0 Å². The second-order valence-corrected chi connectivity index (χ2v) is 5.60. The summed E-state index contributed by atoms with van der Waals surface area (Å²) in [4.78, 5) is 3.83. The van der Waals surface area contributed by atoms with E-state index in [1.54, 1.807) is 24.5 Å². The van der Waals surface area contributed by atoms with Crippen molar-refractivity contribution in [2.45, 2.75) is 19.8 Å². The van der Waals surface area contributed by atoms with Gasteiger partial charge in [0.25, 0.3) is 0 Å². The molecule has 0 atom stereocenters. The van der Waals surface area contributed by atoms with Crippen molar-refractivity contribution in [2.75, 3.05) is 23.6 Å². The second-order valence-electron chi connectivity index (χ2n) is 3.76. The van der Waals surface area contributed by atoms with Gasteiger partial charge in [-0.15, -0.1) is 0 Å². The van der Waals surface area contributed by atoms with Crippen LogP contribution < -0.4 is 10.0 Å². The summed E-state index contributed by atoms with van der Waals surface area (Å²) in [5.41, 5.74) is 0.557. The quantitative estimate of drug-likeness (QED) is 0.687. The van der Waals surface area contributed by atoms with Gasteiger partial charge >= 0.3 is 0 Å². The summed E-state index contributed by atoms with van der Waals surface area (Å²) >= 11 is 0. The normalized spacial score (nSPS) is 11.4. The van der Waals surface area contributed by atoms with Crippen LogP contribution in [0.15, 0.2) is 24.5 Å².